The van der Waals surface area contributed by atoms with Gasteiger partial charge in [0.15, 0.2) is 0 Å². The Morgan fingerprint density at radius 2 is 1.50 bits per heavy atom. The van der Waals surface area contributed by atoms with Crippen LogP contribution in [0.25, 0.3) is 10.8 Å². The fraction of sp³-hybridized carbons (Fsp3) is 0.471. The molecule has 0 radical (unpaired) electrons. The van der Waals surface area contributed by atoms with Crippen LogP contribution in [-0.4, -0.2) is 4.98 Å². The number of pyridine rings is 1. The van der Waals surface area contributed by atoms with Crippen LogP contribution >= 0.6 is 0 Å². The van der Waals surface area contributed by atoms with E-state index in [0.29, 0.717) is 0 Å². The van der Waals surface area contributed by atoms with Gasteiger partial charge in [0.1, 0.15) is 0 Å². The van der Waals surface area contributed by atoms with Crippen LogP contribution in [0.3, 0.4) is 0 Å². The molecular weight excluding hydrogens is 218 g/mol. The van der Waals surface area contributed by atoms with Crippen LogP contribution < -0.4 is 0 Å². The monoisotopic (exact) mass is 241 g/mol. The van der Waals surface area contributed by atoms with Gasteiger partial charge in [-0.2, -0.15) is 0 Å². The average Bonchev–Trinajstić information content (AvgIpc) is 2.25. The first-order valence-electron chi connectivity index (χ1n) is 6.59. The van der Waals surface area contributed by atoms with Gasteiger partial charge < -0.3 is 0 Å². The summed E-state index contributed by atoms with van der Waals surface area (Å²) < 4.78 is 0. The minimum Gasteiger partial charge on any atom is -0.260 e. The first-order valence-corrected chi connectivity index (χ1v) is 6.59. The molecule has 0 aliphatic carbocycles. The smallest absolute Gasteiger partial charge is 0.0535 e. The first kappa shape index (κ1) is 13.1. The summed E-state index contributed by atoms with van der Waals surface area (Å²) in [5.41, 5.74) is 2.81. The fourth-order valence-corrected chi connectivity index (χ4v) is 2.23. The first-order chi connectivity index (χ1) is 8.19. The van der Waals surface area contributed by atoms with Crippen LogP contribution in [0.4, 0.5) is 0 Å². The number of benzene rings is 1. The molecule has 1 heteroatoms. The lowest BCUT2D eigenvalue weighted by Gasteiger charge is -2.23. The van der Waals surface area contributed by atoms with Crippen LogP contribution in [0.1, 0.15) is 52.8 Å². The van der Waals surface area contributed by atoms with Crippen molar-refractivity contribution in [3.05, 3.63) is 41.7 Å². The van der Waals surface area contributed by atoms with Gasteiger partial charge in [0.25, 0.3) is 0 Å². The topological polar surface area (TPSA) is 12.9 Å². The third kappa shape index (κ3) is 2.40. The zero-order valence-corrected chi connectivity index (χ0v) is 12.3. The molecule has 1 aromatic heterocycles. The van der Waals surface area contributed by atoms with Crippen molar-refractivity contribution in [3.63, 3.8) is 0 Å². The van der Waals surface area contributed by atoms with E-state index in [2.05, 4.69) is 70.8 Å². The number of aromatic nitrogens is 1. The van der Waals surface area contributed by atoms with E-state index >= 15 is 0 Å². The highest BCUT2D eigenvalue weighted by molar-refractivity contribution is 5.86. The molecule has 0 amide bonds. The lowest BCUT2D eigenvalue weighted by molar-refractivity contribution is 0.573. The quantitative estimate of drug-likeness (QED) is 0.643. The van der Waals surface area contributed by atoms with E-state index in [1.807, 2.05) is 6.20 Å². The molecule has 0 saturated heterocycles. The predicted molar refractivity (Wildman–Crippen MR) is 79.1 cm³/mol. The van der Waals surface area contributed by atoms with Crippen molar-refractivity contribution in [2.24, 2.45) is 0 Å². The molecule has 0 N–H and O–H groups in total. The molecule has 1 aromatic carbocycles. The Bertz CT molecular complexity index is 568. The Hall–Kier alpha value is -1.37. The van der Waals surface area contributed by atoms with E-state index in [-0.39, 0.29) is 10.8 Å². The van der Waals surface area contributed by atoms with Gasteiger partial charge in [-0.25, -0.2) is 0 Å². The number of rotatable bonds is 0. The fourth-order valence-electron chi connectivity index (χ4n) is 2.23. The Kier molecular flexibility index (Phi) is 2.96. The molecule has 0 fully saturated rings. The van der Waals surface area contributed by atoms with E-state index in [1.54, 1.807) is 0 Å². The van der Waals surface area contributed by atoms with E-state index in [4.69, 9.17) is 0 Å². The van der Waals surface area contributed by atoms with E-state index in [0.717, 1.165) is 0 Å². The van der Waals surface area contributed by atoms with Crippen molar-refractivity contribution >= 4 is 10.8 Å². The summed E-state index contributed by atoms with van der Waals surface area (Å²) in [4.78, 5) is 4.60. The second kappa shape index (κ2) is 4.08. The molecular formula is C17H23N. The van der Waals surface area contributed by atoms with E-state index in [1.165, 1.54) is 22.0 Å². The van der Waals surface area contributed by atoms with Gasteiger partial charge in [0.2, 0.25) is 0 Å². The molecule has 0 bridgehead atoms. The maximum Gasteiger partial charge on any atom is 0.0535 e. The Balaban J connectivity index is 2.74. The van der Waals surface area contributed by atoms with Gasteiger partial charge in [-0.1, -0.05) is 53.7 Å². The Morgan fingerprint density at radius 1 is 0.833 bits per heavy atom. The third-order valence-electron chi connectivity index (χ3n) is 3.34. The summed E-state index contributed by atoms with van der Waals surface area (Å²) in [5.74, 6) is 0. The molecule has 18 heavy (non-hydrogen) atoms. The second-order valence-corrected chi connectivity index (χ2v) is 7.10. The largest absolute Gasteiger partial charge is 0.260 e. The van der Waals surface area contributed by atoms with Crippen LogP contribution in [0, 0.1) is 0 Å². The highest BCUT2D eigenvalue weighted by atomic mass is 14.7. The molecule has 0 atom stereocenters. The molecule has 2 rings (SSSR count). The van der Waals surface area contributed by atoms with Gasteiger partial charge in [0, 0.05) is 17.0 Å². The van der Waals surface area contributed by atoms with Crippen molar-refractivity contribution in [2.75, 3.05) is 0 Å². The summed E-state index contributed by atoms with van der Waals surface area (Å²) in [6.07, 6.45) is 1.92. The highest BCUT2D eigenvalue weighted by Crippen LogP contribution is 2.31. The van der Waals surface area contributed by atoms with Crippen molar-refractivity contribution in [3.8, 4) is 0 Å². The van der Waals surface area contributed by atoms with Gasteiger partial charge in [-0.3, -0.25) is 4.98 Å². The number of hydrogen-bond acceptors (Lipinski definition) is 1. The number of hydrogen-bond donors (Lipinski definition) is 0. The van der Waals surface area contributed by atoms with Crippen molar-refractivity contribution in [1.29, 1.82) is 0 Å². The second-order valence-electron chi connectivity index (χ2n) is 7.10. The zero-order chi connectivity index (χ0) is 13.6. The summed E-state index contributed by atoms with van der Waals surface area (Å²) in [6.45, 7) is 13.4. The van der Waals surface area contributed by atoms with Gasteiger partial charge in [0.05, 0.1) is 5.69 Å². The van der Waals surface area contributed by atoms with E-state index in [9.17, 15) is 0 Å². The molecule has 1 nitrogen and oxygen atoms in total. The van der Waals surface area contributed by atoms with Gasteiger partial charge in [-0.15, -0.1) is 0 Å². The van der Waals surface area contributed by atoms with Crippen LogP contribution in [-0.2, 0) is 10.8 Å². The highest BCUT2D eigenvalue weighted by Gasteiger charge is 2.20. The lowest BCUT2D eigenvalue weighted by atomic mass is 9.83. The average molecular weight is 241 g/mol. The standard InChI is InChI=1S/C17H23N/c1-16(2,3)13-8-7-12-9-10-18-15(14(12)11-13)17(4,5)6/h7-11H,1-6H3. The van der Waals surface area contributed by atoms with Crippen molar-refractivity contribution < 1.29 is 0 Å². The molecule has 0 unspecified atom stereocenters. The van der Waals surface area contributed by atoms with Crippen molar-refractivity contribution in [1.82, 2.24) is 4.98 Å². The summed E-state index contributed by atoms with van der Waals surface area (Å²) in [7, 11) is 0. The molecule has 1 heterocycles. The van der Waals surface area contributed by atoms with E-state index < -0.39 is 0 Å². The predicted octanol–water partition coefficient (Wildman–Crippen LogP) is 4.83. The van der Waals surface area contributed by atoms with Crippen LogP contribution in [0.5, 0.6) is 0 Å². The zero-order valence-electron chi connectivity index (χ0n) is 12.3. The third-order valence-corrected chi connectivity index (χ3v) is 3.34. The normalized spacial score (nSPS) is 13.0. The Morgan fingerprint density at radius 3 is 2.06 bits per heavy atom. The molecule has 0 saturated carbocycles. The molecule has 2 aromatic rings. The summed E-state index contributed by atoms with van der Waals surface area (Å²) >= 11 is 0. The minimum atomic E-state index is 0.0794. The SMILES string of the molecule is CC(C)(C)c1ccc2ccnc(C(C)(C)C)c2c1. The molecule has 0 aliphatic rings. The van der Waals surface area contributed by atoms with Crippen LogP contribution in [0.2, 0.25) is 0 Å². The van der Waals surface area contributed by atoms with Crippen LogP contribution in [0.15, 0.2) is 30.5 Å². The minimum absolute atomic E-state index is 0.0794. The maximum absolute atomic E-state index is 4.60. The van der Waals surface area contributed by atoms with Crippen molar-refractivity contribution in [2.45, 2.75) is 52.4 Å². The molecule has 0 spiro atoms. The Labute approximate surface area is 110 Å². The van der Waals surface area contributed by atoms with Gasteiger partial charge in [-0.05, 0) is 28.5 Å². The summed E-state index contributed by atoms with van der Waals surface area (Å²) in [6, 6.07) is 8.85. The summed E-state index contributed by atoms with van der Waals surface area (Å²) in [5, 5.41) is 2.57. The number of fused-ring (bicyclic) bond motifs is 1. The van der Waals surface area contributed by atoms with Gasteiger partial charge >= 0.3 is 0 Å². The molecule has 0 aliphatic heterocycles. The number of nitrogens with zero attached hydrogens (tertiary/aromatic N) is 1. The lowest BCUT2D eigenvalue weighted by Crippen LogP contribution is -2.15. The maximum atomic E-state index is 4.60. The molecule has 96 valence electrons.